The molecule has 3 aromatic rings. The molecule has 0 spiro atoms. The van der Waals surface area contributed by atoms with Gasteiger partial charge in [-0.05, 0) is 49.5 Å². The summed E-state index contributed by atoms with van der Waals surface area (Å²) in [6, 6.07) is 20.6. The Kier molecular flexibility index (Phi) is 5.44. The van der Waals surface area contributed by atoms with Crippen molar-refractivity contribution in [2.24, 2.45) is 0 Å². The molecule has 1 aromatic heterocycles. The number of pyridine rings is 1. The van der Waals surface area contributed by atoms with Crippen molar-refractivity contribution >= 4 is 10.9 Å². The fourth-order valence-corrected chi connectivity index (χ4v) is 2.78. The van der Waals surface area contributed by atoms with Crippen LogP contribution in [0, 0.1) is 0 Å². The number of para-hydroxylation sites is 1. The van der Waals surface area contributed by atoms with Gasteiger partial charge in [-0.1, -0.05) is 38.1 Å². The normalized spacial score (nSPS) is 11.1. The van der Waals surface area contributed by atoms with E-state index in [1.807, 2.05) is 30.3 Å². The standard InChI is InChI=1S/C21H24N2O/c1-3-23(4-2)15-16-24-19-12-9-18(10-13-19)21-14-11-17-7-5-6-8-20(17)22-21/h5-14H,3-4,15-16H2,1-2H3. The zero-order valence-electron chi connectivity index (χ0n) is 14.4. The molecular formula is C21H24N2O. The van der Waals surface area contributed by atoms with Crippen LogP contribution < -0.4 is 4.74 Å². The molecule has 0 radical (unpaired) electrons. The van der Waals surface area contributed by atoms with Crippen LogP contribution in [0.2, 0.25) is 0 Å². The van der Waals surface area contributed by atoms with E-state index in [9.17, 15) is 0 Å². The zero-order valence-corrected chi connectivity index (χ0v) is 14.4. The SMILES string of the molecule is CCN(CC)CCOc1ccc(-c2ccc3ccccc3n2)cc1. The number of hydrogen-bond acceptors (Lipinski definition) is 3. The fraction of sp³-hybridized carbons (Fsp3) is 0.286. The van der Waals surface area contributed by atoms with Crippen LogP contribution in [0.15, 0.2) is 60.7 Å². The number of aromatic nitrogens is 1. The van der Waals surface area contributed by atoms with Crippen LogP contribution in [0.3, 0.4) is 0 Å². The molecule has 1 heterocycles. The average molecular weight is 320 g/mol. The molecule has 0 fully saturated rings. The summed E-state index contributed by atoms with van der Waals surface area (Å²) in [5.74, 6) is 0.909. The van der Waals surface area contributed by atoms with Gasteiger partial charge in [0, 0.05) is 17.5 Å². The maximum atomic E-state index is 5.84. The van der Waals surface area contributed by atoms with E-state index in [-0.39, 0.29) is 0 Å². The van der Waals surface area contributed by atoms with E-state index in [4.69, 9.17) is 9.72 Å². The van der Waals surface area contributed by atoms with Crippen LogP contribution in [0.4, 0.5) is 0 Å². The van der Waals surface area contributed by atoms with Crippen molar-refractivity contribution in [2.75, 3.05) is 26.2 Å². The summed E-state index contributed by atoms with van der Waals surface area (Å²) in [5, 5.41) is 1.16. The number of benzene rings is 2. The Morgan fingerprint density at radius 2 is 1.62 bits per heavy atom. The first-order valence-electron chi connectivity index (χ1n) is 8.61. The van der Waals surface area contributed by atoms with Crippen molar-refractivity contribution in [1.29, 1.82) is 0 Å². The van der Waals surface area contributed by atoms with Gasteiger partial charge in [-0.15, -0.1) is 0 Å². The Balaban J connectivity index is 1.67. The quantitative estimate of drug-likeness (QED) is 0.635. The highest BCUT2D eigenvalue weighted by Crippen LogP contribution is 2.23. The zero-order chi connectivity index (χ0) is 16.8. The molecule has 0 aliphatic carbocycles. The van der Waals surface area contributed by atoms with E-state index in [0.29, 0.717) is 0 Å². The number of fused-ring (bicyclic) bond motifs is 1. The van der Waals surface area contributed by atoms with Gasteiger partial charge in [-0.3, -0.25) is 0 Å². The summed E-state index contributed by atoms with van der Waals surface area (Å²) in [7, 11) is 0. The molecule has 124 valence electrons. The molecule has 0 N–H and O–H groups in total. The Bertz CT molecular complexity index is 779. The van der Waals surface area contributed by atoms with Gasteiger partial charge in [-0.25, -0.2) is 4.98 Å². The molecular weight excluding hydrogens is 296 g/mol. The topological polar surface area (TPSA) is 25.4 Å². The van der Waals surface area contributed by atoms with Crippen LogP contribution >= 0.6 is 0 Å². The van der Waals surface area contributed by atoms with Crippen molar-refractivity contribution < 1.29 is 4.74 Å². The Morgan fingerprint density at radius 1 is 0.875 bits per heavy atom. The number of rotatable bonds is 7. The minimum Gasteiger partial charge on any atom is -0.492 e. The highest BCUT2D eigenvalue weighted by molar-refractivity contribution is 5.81. The first-order chi connectivity index (χ1) is 11.8. The molecule has 0 saturated heterocycles. The summed E-state index contributed by atoms with van der Waals surface area (Å²) < 4.78 is 5.84. The Morgan fingerprint density at radius 3 is 2.38 bits per heavy atom. The van der Waals surface area contributed by atoms with Crippen LogP contribution in [0.1, 0.15) is 13.8 Å². The van der Waals surface area contributed by atoms with Crippen LogP contribution in [0.25, 0.3) is 22.2 Å². The average Bonchev–Trinajstić information content (AvgIpc) is 2.65. The van der Waals surface area contributed by atoms with Crippen molar-refractivity contribution in [1.82, 2.24) is 9.88 Å². The molecule has 3 heteroatoms. The van der Waals surface area contributed by atoms with Gasteiger partial charge in [0.15, 0.2) is 0 Å². The van der Waals surface area contributed by atoms with Gasteiger partial charge < -0.3 is 9.64 Å². The van der Waals surface area contributed by atoms with Gasteiger partial charge in [0.05, 0.1) is 11.2 Å². The maximum Gasteiger partial charge on any atom is 0.119 e. The largest absolute Gasteiger partial charge is 0.492 e. The highest BCUT2D eigenvalue weighted by atomic mass is 16.5. The minimum absolute atomic E-state index is 0.718. The lowest BCUT2D eigenvalue weighted by Gasteiger charge is -2.18. The lowest BCUT2D eigenvalue weighted by molar-refractivity contribution is 0.223. The van der Waals surface area contributed by atoms with E-state index in [2.05, 4.69) is 49.1 Å². The summed E-state index contributed by atoms with van der Waals surface area (Å²) in [6.07, 6.45) is 0. The second kappa shape index (κ2) is 7.93. The van der Waals surface area contributed by atoms with E-state index in [0.717, 1.165) is 54.2 Å². The third-order valence-electron chi connectivity index (χ3n) is 4.32. The van der Waals surface area contributed by atoms with Gasteiger partial charge in [-0.2, -0.15) is 0 Å². The molecule has 0 aliphatic rings. The van der Waals surface area contributed by atoms with Crippen molar-refractivity contribution in [2.45, 2.75) is 13.8 Å². The third-order valence-corrected chi connectivity index (χ3v) is 4.32. The number of likely N-dealkylation sites (N-methyl/N-ethyl adjacent to an activating group) is 1. The van der Waals surface area contributed by atoms with Gasteiger partial charge in [0.25, 0.3) is 0 Å². The monoisotopic (exact) mass is 320 g/mol. The lowest BCUT2D eigenvalue weighted by atomic mass is 10.1. The number of hydrogen-bond donors (Lipinski definition) is 0. The summed E-state index contributed by atoms with van der Waals surface area (Å²) >= 11 is 0. The van der Waals surface area contributed by atoms with Crippen LogP contribution in [0.5, 0.6) is 5.75 Å². The summed E-state index contributed by atoms with van der Waals surface area (Å²) in [6.45, 7) is 8.15. The number of nitrogens with zero attached hydrogens (tertiary/aromatic N) is 2. The lowest BCUT2D eigenvalue weighted by Crippen LogP contribution is -2.27. The predicted octanol–water partition coefficient (Wildman–Crippen LogP) is 4.62. The minimum atomic E-state index is 0.718. The van der Waals surface area contributed by atoms with E-state index >= 15 is 0 Å². The van der Waals surface area contributed by atoms with Crippen molar-refractivity contribution in [3.05, 3.63) is 60.7 Å². The van der Waals surface area contributed by atoms with Gasteiger partial charge >= 0.3 is 0 Å². The molecule has 0 aliphatic heterocycles. The molecule has 0 atom stereocenters. The van der Waals surface area contributed by atoms with Crippen molar-refractivity contribution in [3.8, 4) is 17.0 Å². The second-order valence-electron chi connectivity index (χ2n) is 5.79. The first-order valence-corrected chi connectivity index (χ1v) is 8.61. The molecule has 2 aromatic carbocycles. The van der Waals surface area contributed by atoms with E-state index in [1.54, 1.807) is 0 Å². The Labute approximate surface area is 143 Å². The van der Waals surface area contributed by atoms with Crippen LogP contribution in [-0.2, 0) is 0 Å². The predicted molar refractivity (Wildman–Crippen MR) is 100 cm³/mol. The van der Waals surface area contributed by atoms with E-state index < -0.39 is 0 Å². The summed E-state index contributed by atoms with van der Waals surface area (Å²) in [4.78, 5) is 7.09. The molecule has 0 bridgehead atoms. The van der Waals surface area contributed by atoms with Gasteiger partial charge in [0.2, 0.25) is 0 Å². The first kappa shape index (κ1) is 16.5. The highest BCUT2D eigenvalue weighted by Gasteiger charge is 2.03. The number of ether oxygens (including phenoxy) is 1. The molecule has 0 amide bonds. The second-order valence-corrected chi connectivity index (χ2v) is 5.79. The molecule has 0 unspecified atom stereocenters. The molecule has 0 saturated carbocycles. The fourth-order valence-electron chi connectivity index (χ4n) is 2.78. The van der Waals surface area contributed by atoms with Crippen molar-refractivity contribution in [3.63, 3.8) is 0 Å². The van der Waals surface area contributed by atoms with Gasteiger partial charge in [0.1, 0.15) is 12.4 Å². The summed E-state index contributed by atoms with van der Waals surface area (Å²) in [5.41, 5.74) is 3.12. The van der Waals surface area contributed by atoms with Crippen LogP contribution in [-0.4, -0.2) is 36.1 Å². The Hall–Kier alpha value is -2.39. The molecule has 3 nitrogen and oxygen atoms in total. The maximum absolute atomic E-state index is 5.84. The van der Waals surface area contributed by atoms with E-state index in [1.165, 1.54) is 0 Å². The third kappa shape index (κ3) is 3.92. The smallest absolute Gasteiger partial charge is 0.119 e. The molecule has 24 heavy (non-hydrogen) atoms. The molecule has 3 rings (SSSR count).